The molecular formula is C21H36ClIN4O2. The second-order valence-corrected chi connectivity index (χ2v) is 7.77. The quantitative estimate of drug-likeness (QED) is 0.284. The number of nitrogens with zero attached hydrogens (tertiary/aromatic N) is 2. The number of methoxy groups -OCH3 is 1. The summed E-state index contributed by atoms with van der Waals surface area (Å²) in [6, 6.07) is 6.10. The Labute approximate surface area is 197 Å². The highest BCUT2D eigenvalue weighted by atomic mass is 127. The molecule has 1 heterocycles. The van der Waals surface area contributed by atoms with Gasteiger partial charge in [0.15, 0.2) is 5.96 Å². The van der Waals surface area contributed by atoms with Crippen LogP contribution in [0.3, 0.4) is 0 Å². The van der Waals surface area contributed by atoms with Crippen molar-refractivity contribution in [2.24, 2.45) is 4.99 Å². The van der Waals surface area contributed by atoms with Gasteiger partial charge in [-0.3, -0.25) is 0 Å². The first-order valence-electron chi connectivity index (χ1n) is 10.2. The van der Waals surface area contributed by atoms with E-state index in [2.05, 4.69) is 36.3 Å². The van der Waals surface area contributed by atoms with Crippen LogP contribution in [-0.2, 0) is 11.3 Å². The van der Waals surface area contributed by atoms with Gasteiger partial charge >= 0.3 is 0 Å². The Balaban J connectivity index is 0.00000420. The Morgan fingerprint density at radius 2 is 2.03 bits per heavy atom. The minimum absolute atomic E-state index is 0. The molecule has 0 saturated carbocycles. The van der Waals surface area contributed by atoms with Crippen LogP contribution in [0.5, 0.6) is 5.75 Å². The van der Waals surface area contributed by atoms with E-state index >= 15 is 0 Å². The molecule has 1 saturated heterocycles. The van der Waals surface area contributed by atoms with Gasteiger partial charge in [-0.05, 0) is 45.7 Å². The molecule has 2 N–H and O–H groups in total. The van der Waals surface area contributed by atoms with Crippen molar-refractivity contribution in [3.63, 3.8) is 0 Å². The van der Waals surface area contributed by atoms with E-state index in [9.17, 15) is 0 Å². The number of aliphatic imine (C=N–C) groups is 1. The van der Waals surface area contributed by atoms with Crippen LogP contribution < -0.4 is 15.4 Å². The van der Waals surface area contributed by atoms with Crippen LogP contribution in [0.4, 0.5) is 0 Å². The summed E-state index contributed by atoms with van der Waals surface area (Å²) in [6.45, 7) is 11.6. The highest BCUT2D eigenvalue weighted by Crippen LogP contribution is 2.23. The number of hydrogen-bond donors (Lipinski definition) is 2. The lowest BCUT2D eigenvalue weighted by Gasteiger charge is -2.33. The Hall–Kier alpha value is -0.770. The molecule has 1 aromatic rings. The van der Waals surface area contributed by atoms with Crippen LogP contribution in [0.15, 0.2) is 23.2 Å². The smallest absolute Gasteiger partial charge is 0.191 e. The first-order chi connectivity index (χ1) is 13.5. The van der Waals surface area contributed by atoms with Crippen LogP contribution in [0.1, 0.15) is 39.2 Å². The number of piperidine rings is 1. The fourth-order valence-electron chi connectivity index (χ4n) is 3.25. The van der Waals surface area contributed by atoms with Crippen molar-refractivity contribution in [2.45, 2.75) is 52.3 Å². The molecule has 0 radical (unpaired) electrons. The molecule has 166 valence electrons. The van der Waals surface area contributed by atoms with Crippen molar-refractivity contribution < 1.29 is 9.47 Å². The number of hydrogen-bond acceptors (Lipinski definition) is 4. The third-order valence-corrected chi connectivity index (χ3v) is 5.02. The summed E-state index contributed by atoms with van der Waals surface area (Å²) in [6.07, 6.45) is 2.52. The van der Waals surface area contributed by atoms with Crippen molar-refractivity contribution in [1.82, 2.24) is 15.5 Å². The zero-order chi connectivity index (χ0) is 20.4. The summed E-state index contributed by atoms with van der Waals surface area (Å²) in [5, 5.41) is 7.60. The minimum atomic E-state index is 0. The van der Waals surface area contributed by atoms with Crippen LogP contribution in [0, 0.1) is 0 Å². The molecule has 1 fully saturated rings. The lowest BCUT2D eigenvalue weighted by molar-refractivity contribution is 0.0532. The summed E-state index contributed by atoms with van der Waals surface area (Å²) in [7, 11) is 1.66. The van der Waals surface area contributed by atoms with Gasteiger partial charge in [0.05, 0.1) is 26.4 Å². The average Bonchev–Trinajstić information content (AvgIpc) is 2.68. The molecule has 1 aliphatic rings. The molecule has 0 amide bonds. The van der Waals surface area contributed by atoms with E-state index in [-0.39, 0.29) is 24.0 Å². The average molecular weight is 539 g/mol. The van der Waals surface area contributed by atoms with E-state index < -0.39 is 0 Å². The number of benzene rings is 1. The van der Waals surface area contributed by atoms with Gasteiger partial charge in [-0.1, -0.05) is 17.7 Å². The van der Waals surface area contributed by atoms with E-state index in [1.54, 1.807) is 7.11 Å². The minimum Gasteiger partial charge on any atom is -0.496 e. The van der Waals surface area contributed by atoms with Gasteiger partial charge < -0.3 is 25.0 Å². The van der Waals surface area contributed by atoms with Crippen LogP contribution >= 0.6 is 35.6 Å². The molecule has 29 heavy (non-hydrogen) atoms. The van der Waals surface area contributed by atoms with Gasteiger partial charge in [-0.15, -0.1) is 24.0 Å². The predicted octanol–water partition coefficient (Wildman–Crippen LogP) is 3.91. The van der Waals surface area contributed by atoms with Gasteiger partial charge in [-0.25, -0.2) is 4.99 Å². The Kier molecular flexibility index (Phi) is 12.9. The van der Waals surface area contributed by atoms with E-state index in [0.717, 1.165) is 62.9 Å². The molecule has 0 unspecified atom stereocenters. The van der Waals surface area contributed by atoms with E-state index in [4.69, 9.17) is 26.1 Å². The molecule has 8 heteroatoms. The van der Waals surface area contributed by atoms with Crippen molar-refractivity contribution in [3.8, 4) is 5.75 Å². The number of nitrogens with one attached hydrogen (secondary N) is 2. The van der Waals surface area contributed by atoms with Crippen LogP contribution in [0.2, 0.25) is 5.02 Å². The lowest BCUT2D eigenvalue weighted by atomic mass is 10.1. The normalized spacial score (nSPS) is 15.9. The van der Waals surface area contributed by atoms with Gasteiger partial charge in [-0.2, -0.15) is 0 Å². The second kappa shape index (κ2) is 14.3. The third-order valence-electron chi connectivity index (χ3n) is 4.79. The SMILES string of the molecule is CCNC(=NCc1ccc(Cl)cc1OC)NC1CCN(CCOC(C)C)CC1.I. The number of halogens is 2. The maximum Gasteiger partial charge on any atom is 0.191 e. The molecule has 2 rings (SSSR count). The highest BCUT2D eigenvalue weighted by molar-refractivity contribution is 14.0. The molecule has 0 aliphatic carbocycles. The van der Waals surface area contributed by atoms with Crippen LogP contribution in [-0.4, -0.2) is 62.9 Å². The number of guanidine groups is 1. The topological polar surface area (TPSA) is 58.1 Å². The van der Waals surface area contributed by atoms with Crippen molar-refractivity contribution in [3.05, 3.63) is 28.8 Å². The van der Waals surface area contributed by atoms with Gasteiger partial charge in [0.2, 0.25) is 0 Å². The predicted molar refractivity (Wildman–Crippen MR) is 132 cm³/mol. The van der Waals surface area contributed by atoms with E-state index in [0.29, 0.717) is 23.7 Å². The van der Waals surface area contributed by atoms with Gasteiger partial charge in [0.25, 0.3) is 0 Å². The van der Waals surface area contributed by atoms with Crippen molar-refractivity contribution in [2.75, 3.05) is 39.9 Å². The highest BCUT2D eigenvalue weighted by Gasteiger charge is 2.19. The Morgan fingerprint density at radius 3 is 2.66 bits per heavy atom. The first-order valence-corrected chi connectivity index (χ1v) is 10.6. The molecular weight excluding hydrogens is 503 g/mol. The third kappa shape index (κ3) is 9.72. The van der Waals surface area contributed by atoms with Gasteiger partial charge in [0, 0.05) is 42.8 Å². The Bertz CT molecular complexity index is 623. The standard InChI is InChI=1S/C21H35ClN4O2.HI/c1-5-23-21(24-15-17-6-7-18(22)14-20(17)27-4)25-19-8-10-26(11-9-19)12-13-28-16(2)3;/h6-7,14,16,19H,5,8-13,15H2,1-4H3,(H2,23,24,25);1H. The zero-order valence-electron chi connectivity index (χ0n) is 18.0. The number of ether oxygens (including phenoxy) is 2. The van der Waals surface area contributed by atoms with Gasteiger partial charge in [0.1, 0.15) is 5.75 Å². The second-order valence-electron chi connectivity index (χ2n) is 7.33. The summed E-state index contributed by atoms with van der Waals surface area (Å²) in [5.74, 6) is 1.62. The lowest BCUT2D eigenvalue weighted by Crippen LogP contribution is -2.49. The summed E-state index contributed by atoms with van der Waals surface area (Å²) in [4.78, 5) is 7.22. The maximum atomic E-state index is 6.04. The maximum absolute atomic E-state index is 6.04. The molecule has 1 aromatic carbocycles. The molecule has 6 nitrogen and oxygen atoms in total. The van der Waals surface area contributed by atoms with Crippen molar-refractivity contribution >= 4 is 41.5 Å². The zero-order valence-corrected chi connectivity index (χ0v) is 21.1. The first kappa shape index (κ1) is 26.3. The van der Waals surface area contributed by atoms with E-state index in [1.807, 2.05) is 18.2 Å². The Morgan fingerprint density at radius 1 is 1.31 bits per heavy atom. The number of rotatable bonds is 9. The monoisotopic (exact) mass is 538 g/mol. The largest absolute Gasteiger partial charge is 0.496 e. The van der Waals surface area contributed by atoms with Crippen LogP contribution in [0.25, 0.3) is 0 Å². The van der Waals surface area contributed by atoms with E-state index in [1.165, 1.54) is 0 Å². The molecule has 0 atom stereocenters. The molecule has 0 aromatic heterocycles. The fourth-order valence-corrected chi connectivity index (χ4v) is 3.41. The summed E-state index contributed by atoms with van der Waals surface area (Å²) >= 11 is 6.04. The molecule has 1 aliphatic heterocycles. The van der Waals surface area contributed by atoms with Crippen molar-refractivity contribution in [1.29, 1.82) is 0 Å². The molecule has 0 bridgehead atoms. The molecule has 0 spiro atoms. The number of likely N-dealkylation sites (tertiary alicyclic amines) is 1. The summed E-state index contributed by atoms with van der Waals surface area (Å²) < 4.78 is 11.1. The fraction of sp³-hybridized carbons (Fsp3) is 0.667. The summed E-state index contributed by atoms with van der Waals surface area (Å²) in [5.41, 5.74) is 1.02.